The second-order valence-corrected chi connectivity index (χ2v) is 5.73. The first-order valence-corrected chi connectivity index (χ1v) is 7.11. The molecule has 0 fully saturated rings. The number of amides is 1. The van der Waals surface area contributed by atoms with E-state index in [0.717, 1.165) is 0 Å². The molecule has 0 spiro atoms. The van der Waals surface area contributed by atoms with E-state index < -0.39 is 6.36 Å². The number of fused-ring (bicyclic) bond motifs is 1. The number of aromatic nitrogens is 1. The van der Waals surface area contributed by atoms with Crippen LogP contribution in [0.4, 0.5) is 13.2 Å². The van der Waals surface area contributed by atoms with Crippen molar-refractivity contribution in [3.05, 3.63) is 34.4 Å². The predicted octanol–water partition coefficient (Wildman–Crippen LogP) is 4.03. The molecule has 0 unspecified atom stereocenters. The average Bonchev–Trinajstić information content (AvgIpc) is 2.35. The van der Waals surface area contributed by atoms with Crippen LogP contribution in [0, 0.1) is 0 Å². The van der Waals surface area contributed by atoms with E-state index in [1.165, 1.54) is 24.4 Å². The minimum atomic E-state index is -4.78. The summed E-state index contributed by atoms with van der Waals surface area (Å²) in [5.41, 5.74) is 0.702. The molecule has 0 bridgehead atoms. The lowest BCUT2D eigenvalue weighted by Crippen LogP contribution is -2.30. The van der Waals surface area contributed by atoms with Gasteiger partial charge in [-0.05, 0) is 48.0 Å². The van der Waals surface area contributed by atoms with Crippen molar-refractivity contribution >= 4 is 32.7 Å². The Morgan fingerprint density at radius 3 is 2.59 bits per heavy atom. The minimum Gasteiger partial charge on any atom is -0.406 e. The van der Waals surface area contributed by atoms with Crippen LogP contribution in [0.1, 0.15) is 24.2 Å². The van der Waals surface area contributed by atoms with E-state index in [4.69, 9.17) is 0 Å². The zero-order valence-corrected chi connectivity index (χ0v) is 13.2. The van der Waals surface area contributed by atoms with Gasteiger partial charge in [-0.15, -0.1) is 13.2 Å². The predicted molar refractivity (Wildman–Crippen MR) is 78.7 cm³/mol. The van der Waals surface area contributed by atoms with Gasteiger partial charge >= 0.3 is 6.36 Å². The second kappa shape index (κ2) is 6.12. The molecule has 0 radical (unpaired) electrons. The number of carbonyl (C=O) groups excluding carboxylic acids is 1. The van der Waals surface area contributed by atoms with E-state index in [1.54, 1.807) is 13.8 Å². The smallest absolute Gasteiger partial charge is 0.406 e. The highest BCUT2D eigenvalue weighted by Gasteiger charge is 2.31. The van der Waals surface area contributed by atoms with E-state index in [-0.39, 0.29) is 23.3 Å². The number of alkyl halides is 3. The number of pyridine rings is 1. The first kappa shape index (κ1) is 16.5. The second-order valence-electron chi connectivity index (χ2n) is 4.88. The van der Waals surface area contributed by atoms with Crippen molar-refractivity contribution in [2.75, 3.05) is 0 Å². The molecule has 118 valence electrons. The molecule has 1 N–H and O–H groups in total. The molecule has 1 aromatic carbocycles. The fourth-order valence-electron chi connectivity index (χ4n) is 1.84. The molecule has 2 rings (SSSR count). The van der Waals surface area contributed by atoms with Crippen molar-refractivity contribution in [2.45, 2.75) is 26.3 Å². The third kappa shape index (κ3) is 4.09. The first-order valence-electron chi connectivity index (χ1n) is 6.31. The molecular formula is C14H12BrF3N2O2. The fraction of sp³-hybridized carbons (Fsp3) is 0.286. The van der Waals surface area contributed by atoms with Crippen LogP contribution < -0.4 is 10.1 Å². The van der Waals surface area contributed by atoms with E-state index in [9.17, 15) is 18.0 Å². The number of nitrogens with one attached hydrogen (secondary N) is 1. The number of halogens is 4. The van der Waals surface area contributed by atoms with E-state index in [0.29, 0.717) is 15.4 Å². The molecule has 0 saturated heterocycles. The lowest BCUT2D eigenvalue weighted by molar-refractivity contribution is -0.274. The number of carbonyl (C=O) groups is 1. The summed E-state index contributed by atoms with van der Waals surface area (Å²) in [5, 5.41) is 3.06. The summed E-state index contributed by atoms with van der Waals surface area (Å²) >= 11 is 3.15. The van der Waals surface area contributed by atoms with Crippen LogP contribution in [0.2, 0.25) is 0 Å². The molecule has 0 aliphatic rings. The van der Waals surface area contributed by atoms with E-state index in [2.05, 4.69) is 31.0 Å². The van der Waals surface area contributed by atoms with E-state index >= 15 is 0 Å². The molecular weight excluding hydrogens is 365 g/mol. The van der Waals surface area contributed by atoms with Crippen LogP contribution in [-0.2, 0) is 0 Å². The summed E-state index contributed by atoms with van der Waals surface area (Å²) in [6, 6.07) is 3.77. The maximum atomic E-state index is 12.3. The van der Waals surface area contributed by atoms with Gasteiger partial charge in [-0.1, -0.05) is 0 Å². The number of hydrogen-bond donors (Lipinski definition) is 1. The van der Waals surface area contributed by atoms with Crippen LogP contribution in [-0.4, -0.2) is 23.3 Å². The summed E-state index contributed by atoms with van der Waals surface area (Å²) in [6.45, 7) is 3.61. The Morgan fingerprint density at radius 2 is 2.00 bits per heavy atom. The third-order valence-corrected chi connectivity index (χ3v) is 3.23. The molecule has 8 heteroatoms. The number of benzene rings is 1. The Balaban J connectivity index is 2.44. The van der Waals surface area contributed by atoms with Gasteiger partial charge in [0.1, 0.15) is 5.75 Å². The monoisotopic (exact) mass is 376 g/mol. The van der Waals surface area contributed by atoms with Crippen molar-refractivity contribution < 1.29 is 22.7 Å². The normalized spacial score (nSPS) is 11.8. The van der Waals surface area contributed by atoms with Gasteiger partial charge in [0.15, 0.2) is 0 Å². The molecule has 22 heavy (non-hydrogen) atoms. The Labute approximate surface area is 132 Å². The van der Waals surface area contributed by atoms with Gasteiger partial charge in [-0.25, -0.2) is 0 Å². The molecule has 4 nitrogen and oxygen atoms in total. The van der Waals surface area contributed by atoms with Crippen LogP contribution in [0.5, 0.6) is 5.75 Å². The van der Waals surface area contributed by atoms with Crippen LogP contribution >= 0.6 is 15.9 Å². The number of hydrogen-bond acceptors (Lipinski definition) is 3. The van der Waals surface area contributed by atoms with Crippen molar-refractivity contribution in [2.24, 2.45) is 0 Å². The highest BCUT2D eigenvalue weighted by molar-refractivity contribution is 9.10. The largest absolute Gasteiger partial charge is 0.573 e. The van der Waals surface area contributed by atoms with Crippen LogP contribution in [0.25, 0.3) is 10.9 Å². The van der Waals surface area contributed by atoms with Gasteiger partial charge in [-0.2, -0.15) is 0 Å². The van der Waals surface area contributed by atoms with Gasteiger partial charge < -0.3 is 10.1 Å². The molecule has 0 atom stereocenters. The van der Waals surface area contributed by atoms with Gasteiger partial charge in [0.2, 0.25) is 0 Å². The van der Waals surface area contributed by atoms with Crippen molar-refractivity contribution in [1.29, 1.82) is 0 Å². The summed E-state index contributed by atoms with van der Waals surface area (Å²) in [5.74, 6) is -0.724. The fourth-order valence-corrected chi connectivity index (χ4v) is 2.40. The molecule has 1 amide bonds. The van der Waals surface area contributed by atoms with Gasteiger partial charge in [0.25, 0.3) is 5.91 Å². The first-order chi connectivity index (χ1) is 10.2. The maximum Gasteiger partial charge on any atom is 0.573 e. The Bertz CT molecular complexity index is 717. The lowest BCUT2D eigenvalue weighted by atomic mass is 10.1. The lowest BCUT2D eigenvalue weighted by Gasteiger charge is -2.12. The van der Waals surface area contributed by atoms with Crippen molar-refractivity contribution in [3.63, 3.8) is 0 Å². The van der Waals surface area contributed by atoms with Gasteiger partial charge in [-0.3, -0.25) is 9.78 Å². The number of ether oxygens (including phenoxy) is 1. The highest BCUT2D eigenvalue weighted by atomic mass is 79.9. The number of nitrogens with zero attached hydrogens (tertiary/aromatic N) is 1. The van der Waals surface area contributed by atoms with Crippen LogP contribution in [0.3, 0.4) is 0 Å². The summed E-state index contributed by atoms with van der Waals surface area (Å²) in [6.07, 6.45) is -3.41. The summed E-state index contributed by atoms with van der Waals surface area (Å²) in [7, 11) is 0. The number of rotatable bonds is 3. The van der Waals surface area contributed by atoms with Gasteiger partial charge in [0.05, 0.1) is 11.1 Å². The zero-order valence-electron chi connectivity index (χ0n) is 11.7. The van der Waals surface area contributed by atoms with Crippen molar-refractivity contribution in [3.8, 4) is 5.75 Å². The topological polar surface area (TPSA) is 51.2 Å². The van der Waals surface area contributed by atoms with Crippen LogP contribution in [0.15, 0.2) is 28.9 Å². The molecule has 0 aliphatic heterocycles. The summed E-state index contributed by atoms with van der Waals surface area (Å²) < 4.78 is 41.2. The minimum absolute atomic E-state index is 0.0603. The highest BCUT2D eigenvalue weighted by Crippen LogP contribution is 2.31. The Kier molecular flexibility index (Phi) is 4.60. The standard InChI is InChI=1S/C14H12BrF3N2O2/c1-7(2)20-13(21)9-3-8-4-10(22-14(16,17)18)5-11(15)12(8)19-6-9/h3-7H,1-2H3,(H,20,21). The van der Waals surface area contributed by atoms with Gasteiger partial charge in [0, 0.05) is 22.1 Å². The Morgan fingerprint density at radius 1 is 1.32 bits per heavy atom. The summed E-state index contributed by atoms with van der Waals surface area (Å²) in [4.78, 5) is 16.0. The average molecular weight is 377 g/mol. The third-order valence-electron chi connectivity index (χ3n) is 2.63. The quantitative estimate of drug-likeness (QED) is 0.879. The molecule has 2 aromatic rings. The maximum absolute atomic E-state index is 12.3. The molecule has 0 aliphatic carbocycles. The SMILES string of the molecule is CC(C)NC(=O)c1cnc2c(Br)cc(OC(F)(F)F)cc2c1. The van der Waals surface area contributed by atoms with Crippen molar-refractivity contribution in [1.82, 2.24) is 10.3 Å². The molecule has 0 saturated carbocycles. The molecule has 1 heterocycles. The Hall–Kier alpha value is -1.83. The van der Waals surface area contributed by atoms with E-state index in [1.807, 2.05) is 0 Å². The molecule has 1 aromatic heterocycles. The zero-order chi connectivity index (χ0) is 16.5.